The number of aryl methyl sites for hydroxylation is 1. The van der Waals surface area contributed by atoms with E-state index in [1.54, 1.807) is 0 Å². The van der Waals surface area contributed by atoms with Crippen molar-refractivity contribution in [2.45, 2.75) is 116 Å². The molecule has 1 unspecified atom stereocenters. The van der Waals surface area contributed by atoms with E-state index in [2.05, 4.69) is 118 Å². The van der Waals surface area contributed by atoms with E-state index in [1.165, 1.54) is 16.1 Å². The number of carbonyl (C=O) groups excluding carboxylic acids is 1. The first-order valence-corrected chi connectivity index (χ1v) is 19.0. The van der Waals surface area contributed by atoms with Crippen molar-refractivity contribution in [1.82, 2.24) is 14.7 Å². The molecule has 1 aliphatic carbocycles. The molecule has 1 amide bonds. The predicted octanol–water partition coefficient (Wildman–Crippen LogP) is 7.09. The summed E-state index contributed by atoms with van der Waals surface area (Å²) >= 11 is 0. The van der Waals surface area contributed by atoms with E-state index in [9.17, 15) is 4.79 Å². The van der Waals surface area contributed by atoms with Gasteiger partial charge in [0, 0.05) is 48.5 Å². The number of benzene rings is 2. The Balaban J connectivity index is 1.15. The van der Waals surface area contributed by atoms with E-state index < -0.39 is 13.9 Å². The van der Waals surface area contributed by atoms with E-state index in [-0.39, 0.29) is 28.2 Å². The fraction of sp³-hybridized carbons (Fsp3) is 0.579. The lowest BCUT2D eigenvalue weighted by Gasteiger charge is -2.58. The molecule has 3 fully saturated rings. The summed E-state index contributed by atoms with van der Waals surface area (Å²) in [5.74, 6) is 1.07. The van der Waals surface area contributed by atoms with Crippen LogP contribution >= 0.6 is 0 Å². The Morgan fingerprint density at radius 2 is 1.46 bits per heavy atom. The van der Waals surface area contributed by atoms with Crippen LogP contribution in [-0.2, 0) is 9.16 Å². The van der Waals surface area contributed by atoms with Gasteiger partial charge in [-0.05, 0) is 82.6 Å². The van der Waals surface area contributed by atoms with Crippen molar-refractivity contribution >= 4 is 30.6 Å². The molecule has 0 bridgehead atoms. The molecule has 1 atom stereocenters. The summed E-state index contributed by atoms with van der Waals surface area (Å²) in [6, 6.07) is 24.6. The highest BCUT2D eigenvalue weighted by molar-refractivity contribution is 6.99. The average Bonchev–Trinajstić information content (AvgIpc) is 3.29. The van der Waals surface area contributed by atoms with Gasteiger partial charge < -0.3 is 19.0 Å². The highest BCUT2D eigenvalue weighted by Gasteiger charge is 2.56. The maximum atomic E-state index is 12.5. The molecule has 3 heterocycles. The number of nitrogens with zero attached hydrogens (tertiary/aromatic N) is 4. The second-order valence-electron chi connectivity index (χ2n) is 16.8. The van der Waals surface area contributed by atoms with Gasteiger partial charge in [0.1, 0.15) is 5.60 Å². The Labute approximate surface area is 277 Å². The molecule has 6 rings (SSSR count). The molecule has 2 aromatic carbocycles. The Hall–Kier alpha value is -3.10. The molecule has 2 aliphatic heterocycles. The molecule has 0 N–H and O–H groups in total. The van der Waals surface area contributed by atoms with Gasteiger partial charge in [0.25, 0.3) is 8.32 Å². The lowest BCUT2D eigenvalue weighted by molar-refractivity contribution is -0.0930. The monoisotopic (exact) mass is 642 g/mol. The average molecular weight is 643 g/mol. The van der Waals surface area contributed by atoms with Gasteiger partial charge in [0.05, 0.1) is 6.04 Å². The summed E-state index contributed by atoms with van der Waals surface area (Å²) in [5.41, 5.74) is 0.860. The fourth-order valence-corrected chi connectivity index (χ4v) is 13.1. The van der Waals surface area contributed by atoms with Crippen molar-refractivity contribution in [3.8, 4) is 0 Å². The maximum Gasteiger partial charge on any atom is 0.410 e. The van der Waals surface area contributed by atoms with Crippen LogP contribution in [0.3, 0.4) is 0 Å². The number of amides is 1. The van der Waals surface area contributed by atoms with E-state index in [0.29, 0.717) is 6.04 Å². The number of likely N-dealkylation sites (tertiary alicyclic amines) is 1. The van der Waals surface area contributed by atoms with Crippen molar-refractivity contribution in [2.75, 3.05) is 24.5 Å². The van der Waals surface area contributed by atoms with Crippen molar-refractivity contribution in [2.24, 2.45) is 5.41 Å². The van der Waals surface area contributed by atoms with Gasteiger partial charge in [-0.1, -0.05) is 81.4 Å². The van der Waals surface area contributed by atoms with Gasteiger partial charge in [-0.3, -0.25) is 4.68 Å². The minimum Gasteiger partial charge on any atom is -0.444 e. The summed E-state index contributed by atoms with van der Waals surface area (Å²) in [6.07, 6.45) is 3.99. The second kappa shape index (κ2) is 11.5. The van der Waals surface area contributed by atoms with Crippen molar-refractivity contribution in [3.05, 3.63) is 72.4 Å². The van der Waals surface area contributed by atoms with Crippen LogP contribution < -0.4 is 15.3 Å². The molecular formula is C38H54N4O3Si. The molecule has 46 heavy (non-hydrogen) atoms. The molecular weight excluding hydrogens is 589 g/mol. The number of ether oxygens (including phenoxy) is 1. The van der Waals surface area contributed by atoms with Gasteiger partial charge in [0.2, 0.25) is 0 Å². The quantitative estimate of drug-likeness (QED) is 0.269. The lowest BCUT2D eigenvalue weighted by atomic mass is 9.61. The third-order valence-electron chi connectivity index (χ3n) is 10.5. The van der Waals surface area contributed by atoms with E-state index >= 15 is 0 Å². The molecule has 7 nitrogen and oxygen atoms in total. The van der Waals surface area contributed by atoms with Crippen LogP contribution in [0.15, 0.2) is 66.7 Å². The van der Waals surface area contributed by atoms with Crippen molar-refractivity contribution < 1.29 is 14.0 Å². The predicted molar refractivity (Wildman–Crippen MR) is 189 cm³/mol. The number of piperidine rings is 1. The number of hydrogen-bond donors (Lipinski definition) is 0. The number of carbonyl (C=O) groups is 1. The second-order valence-corrected chi connectivity index (χ2v) is 21.1. The first-order chi connectivity index (χ1) is 21.5. The standard InChI is InChI=1S/C38H54N4O3Si/c1-28-22-33(39-42(28)29-23-38(24-29)26-40(27-38)34(43)44-35(2,3)4)41-21-20-30(25-37(41,8)9)45-46(36(5,6)7,31-16-12-10-13-17-31)32-18-14-11-15-19-32/h10-19,22,29-30H,20-21,23-27H2,1-9H3. The number of anilines is 1. The summed E-state index contributed by atoms with van der Waals surface area (Å²) in [4.78, 5) is 16.8. The van der Waals surface area contributed by atoms with Crippen LogP contribution in [0.5, 0.6) is 0 Å². The highest BCUT2D eigenvalue weighted by Crippen LogP contribution is 2.54. The van der Waals surface area contributed by atoms with E-state index in [1.807, 2.05) is 25.7 Å². The van der Waals surface area contributed by atoms with Gasteiger partial charge in [0.15, 0.2) is 5.82 Å². The summed E-state index contributed by atoms with van der Waals surface area (Å²) in [7, 11) is -2.62. The molecule has 248 valence electrons. The summed E-state index contributed by atoms with van der Waals surface area (Å²) in [6.45, 7) is 22.2. The van der Waals surface area contributed by atoms with Crippen LogP contribution in [0.2, 0.25) is 5.04 Å². The lowest BCUT2D eigenvalue weighted by Crippen LogP contribution is -2.68. The van der Waals surface area contributed by atoms with Gasteiger partial charge in [-0.2, -0.15) is 5.10 Å². The zero-order valence-corrected chi connectivity index (χ0v) is 30.5. The number of hydrogen-bond acceptors (Lipinski definition) is 5. The highest BCUT2D eigenvalue weighted by atomic mass is 28.4. The number of rotatable bonds is 6. The Kier molecular flexibility index (Phi) is 8.24. The van der Waals surface area contributed by atoms with Crippen LogP contribution in [0.4, 0.5) is 10.6 Å². The Morgan fingerprint density at radius 3 is 1.96 bits per heavy atom. The van der Waals surface area contributed by atoms with Crippen molar-refractivity contribution in [1.29, 1.82) is 0 Å². The molecule has 1 aromatic heterocycles. The molecule has 1 saturated carbocycles. The third-order valence-corrected chi connectivity index (χ3v) is 15.6. The fourth-order valence-electron chi connectivity index (χ4n) is 8.37. The molecule has 1 spiro atoms. The van der Waals surface area contributed by atoms with Crippen LogP contribution in [0.1, 0.15) is 92.8 Å². The maximum absolute atomic E-state index is 12.5. The molecule has 8 heteroatoms. The van der Waals surface area contributed by atoms with E-state index in [0.717, 1.165) is 51.1 Å². The first-order valence-electron chi connectivity index (χ1n) is 17.1. The molecule has 2 saturated heterocycles. The molecule has 0 radical (unpaired) electrons. The van der Waals surface area contributed by atoms with Crippen molar-refractivity contribution in [3.63, 3.8) is 0 Å². The van der Waals surface area contributed by atoms with E-state index in [4.69, 9.17) is 14.3 Å². The molecule has 3 aromatic rings. The minimum absolute atomic E-state index is 0.0443. The topological polar surface area (TPSA) is 59.8 Å². The van der Waals surface area contributed by atoms with Gasteiger partial charge in [-0.15, -0.1) is 0 Å². The Bertz CT molecular complexity index is 1490. The zero-order valence-electron chi connectivity index (χ0n) is 29.5. The molecule has 3 aliphatic rings. The third kappa shape index (κ3) is 6.03. The Morgan fingerprint density at radius 1 is 0.891 bits per heavy atom. The number of aromatic nitrogens is 2. The normalized spacial score (nSPS) is 21.5. The van der Waals surface area contributed by atoms with Gasteiger partial charge >= 0.3 is 6.09 Å². The van der Waals surface area contributed by atoms with Crippen LogP contribution in [0, 0.1) is 12.3 Å². The smallest absolute Gasteiger partial charge is 0.410 e. The van der Waals surface area contributed by atoms with Crippen LogP contribution in [0.25, 0.3) is 0 Å². The summed E-state index contributed by atoms with van der Waals surface area (Å²) < 4.78 is 15.4. The first kappa shape index (κ1) is 32.8. The van der Waals surface area contributed by atoms with Gasteiger partial charge in [-0.25, -0.2) is 4.79 Å². The summed E-state index contributed by atoms with van der Waals surface area (Å²) in [5, 5.41) is 7.84. The SMILES string of the molecule is Cc1cc(N2CCC(O[Si](c3ccccc3)(c3ccccc3)C(C)(C)C)CC2(C)C)nn1C1CC2(C1)CN(C(=O)OC(C)(C)C)C2. The zero-order chi connectivity index (χ0) is 33.1. The minimum atomic E-state index is -2.62. The largest absolute Gasteiger partial charge is 0.444 e. The van der Waals surface area contributed by atoms with Crippen LogP contribution in [-0.4, -0.2) is 66.0 Å².